The lowest BCUT2D eigenvalue weighted by Gasteiger charge is -2.17. The summed E-state index contributed by atoms with van der Waals surface area (Å²) in [5, 5.41) is 4.14. The number of nitrogens with one attached hydrogen (secondary N) is 1. The summed E-state index contributed by atoms with van der Waals surface area (Å²) < 4.78 is 0.987. The largest absolute Gasteiger partial charge is 0.309 e. The highest BCUT2D eigenvalue weighted by Gasteiger charge is 2.18. The van der Waals surface area contributed by atoms with E-state index in [9.17, 15) is 0 Å². The molecule has 96 valence electrons. The number of thiophene rings is 1. The quantitative estimate of drug-likeness (QED) is 0.751. The maximum atomic E-state index is 6.12. The lowest BCUT2D eigenvalue weighted by atomic mass is 10.1. The van der Waals surface area contributed by atoms with Crippen LogP contribution in [-0.4, -0.2) is 13.3 Å². The molecule has 0 fully saturated rings. The van der Waals surface area contributed by atoms with E-state index in [0.717, 1.165) is 8.81 Å². The first-order valence-electron chi connectivity index (χ1n) is 5.42. The van der Waals surface area contributed by atoms with Crippen molar-refractivity contribution in [1.29, 1.82) is 0 Å². The van der Waals surface area contributed by atoms with Gasteiger partial charge in [0, 0.05) is 9.77 Å². The van der Waals surface area contributed by atoms with Gasteiger partial charge in [-0.05, 0) is 46.9 Å². The Labute approximate surface area is 129 Å². The Balaban J connectivity index is 2.45. The molecule has 1 aromatic carbocycles. The van der Waals surface area contributed by atoms with Crippen LogP contribution in [0.25, 0.3) is 0 Å². The van der Waals surface area contributed by atoms with Crippen LogP contribution in [0.5, 0.6) is 0 Å². The van der Waals surface area contributed by atoms with Crippen molar-refractivity contribution in [2.24, 2.45) is 0 Å². The summed E-state index contributed by atoms with van der Waals surface area (Å²) in [6.07, 6.45) is 2.10. The van der Waals surface area contributed by atoms with Crippen molar-refractivity contribution in [1.82, 2.24) is 5.32 Å². The average molecular weight is 363 g/mol. The third kappa shape index (κ3) is 2.94. The number of halogens is 2. The van der Waals surface area contributed by atoms with E-state index in [0.29, 0.717) is 0 Å². The van der Waals surface area contributed by atoms with Crippen LogP contribution in [0.3, 0.4) is 0 Å². The van der Waals surface area contributed by atoms with Gasteiger partial charge in [-0.2, -0.15) is 0 Å². The second-order valence-electron chi connectivity index (χ2n) is 3.73. The van der Waals surface area contributed by atoms with Gasteiger partial charge in [0.05, 0.1) is 14.9 Å². The summed E-state index contributed by atoms with van der Waals surface area (Å²) in [4.78, 5) is 2.51. The van der Waals surface area contributed by atoms with Crippen LogP contribution in [-0.2, 0) is 0 Å². The number of hydrogen-bond donors (Lipinski definition) is 1. The molecule has 1 aromatic heterocycles. The molecule has 1 atom stereocenters. The first-order valence-corrected chi connectivity index (χ1v) is 8.63. The number of hydrogen-bond acceptors (Lipinski definition) is 3. The molecule has 1 N–H and O–H groups in total. The zero-order chi connectivity index (χ0) is 13.1. The predicted octanol–water partition coefficient (Wildman–Crippen LogP) is 5.19. The summed E-state index contributed by atoms with van der Waals surface area (Å²) in [6.45, 7) is 0. The van der Waals surface area contributed by atoms with Crippen molar-refractivity contribution >= 4 is 50.6 Å². The number of benzene rings is 1. The van der Waals surface area contributed by atoms with Gasteiger partial charge < -0.3 is 5.32 Å². The smallest absolute Gasteiger partial charge is 0.0888 e. The molecule has 0 bridgehead atoms. The first kappa shape index (κ1) is 14.4. The molecule has 1 nitrogen and oxygen atoms in total. The minimum Gasteiger partial charge on any atom is -0.309 e. The summed E-state index contributed by atoms with van der Waals surface area (Å²) in [5.74, 6) is 0. The van der Waals surface area contributed by atoms with E-state index in [1.54, 1.807) is 23.1 Å². The van der Waals surface area contributed by atoms with Crippen LogP contribution in [0.1, 0.15) is 16.5 Å². The van der Waals surface area contributed by atoms with Crippen LogP contribution >= 0.6 is 50.6 Å². The first-order chi connectivity index (χ1) is 8.67. The minimum absolute atomic E-state index is 0.183. The van der Waals surface area contributed by atoms with E-state index in [2.05, 4.69) is 51.8 Å². The predicted molar refractivity (Wildman–Crippen MR) is 86.2 cm³/mol. The fourth-order valence-electron chi connectivity index (χ4n) is 1.86. The van der Waals surface area contributed by atoms with Gasteiger partial charge in [0.15, 0.2) is 0 Å². The molecule has 0 aliphatic carbocycles. The molecule has 18 heavy (non-hydrogen) atoms. The summed E-state index contributed by atoms with van der Waals surface area (Å²) >= 11 is 13.0. The molecular formula is C13H13BrClNS2. The monoisotopic (exact) mass is 361 g/mol. The van der Waals surface area contributed by atoms with E-state index in [4.69, 9.17) is 11.6 Å². The van der Waals surface area contributed by atoms with E-state index in [1.165, 1.54) is 15.3 Å². The number of rotatable bonds is 4. The van der Waals surface area contributed by atoms with Gasteiger partial charge >= 0.3 is 0 Å². The average Bonchev–Trinajstić information content (AvgIpc) is 2.71. The van der Waals surface area contributed by atoms with Gasteiger partial charge in [-0.1, -0.05) is 29.8 Å². The highest BCUT2D eigenvalue weighted by molar-refractivity contribution is 9.11. The minimum atomic E-state index is 0.183. The van der Waals surface area contributed by atoms with Crippen LogP contribution in [0, 0.1) is 0 Å². The van der Waals surface area contributed by atoms with Crippen molar-refractivity contribution in [3.63, 3.8) is 0 Å². The van der Waals surface area contributed by atoms with Crippen molar-refractivity contribution in [3.8, 4) is 0 Å². The lowest BCUT2D eigenvalue weighted by Crippen LogP contribution is -2.17. The van der Waals surface area contributed by atoms with Gasteiger partial charge in [0.1, 0.15) is 0 Å². The van der Waals surface area contributed by atoms with Crippen LogP contribution in [0.4, 0.5) is 0 Å². The molecule has 2 aromatic rings. The second-order valence-corrected chi connectivity index (χ2v) is 7.39. The zero-order valence-corrected chi connectivity index (χ0v) is 14.0. The fraction of sp³-hybridized carbons (Fsp3) is 0.231. The summed E-state index contributed by atoms with van der Waals surface area (Å²) in [5.41, 5.74) is 1.29. The SMILES string of the molecule is CNC(c1cc(Cl)c(Br)s1)c1ccccc1SC. The van der Waals surface area contributed by atoms with E-state index < -0.39 is 0 Å². The molecule has 5 heteroatoms. The number of thioether (sulfide) groups is 1. The van der Waals surface area contributed by atoms with Gasteiger partial charge in [-0.3, -0.25) is 0 Å². The topological polar surface area (TPSA) is 12.0 Å². The molecule has 0 saturated heterocycles. The van der Waals surface area contributed by atoms with Crippen molar-refractivity contribution in [2.75, 3.05) is 13.3 Å². The van der Waals surface area contributed by atoms with Crippen molar-refractivity contribution < 1.29 is 0 Å². The zero-order valence-electron chi connectivity index (χ0n) is 10.0. The normalized spacial score (nSPS) is 12.7. The van der Waals surface area contributed by atoms with Gasteiger partial charge in [-0.25, -0.2) is 0 Å². The Kier molecular flexibility index (Phi) is 5.15. The standard InChI is InChI=1S/C13H13BrClNS2/c1-16-12(11-7-9(15)13(14)18-11)8-5-3-4-6-10(8)17-2/h3-7,12,16H,1-2H3. The summed E-state index contributed by atoms with van der Waals surface area (Å²) in [6, 6.07) is 10.7. The van der Waals surface area contributed by atoms with E-state index in [1.807, 2.05) is 13.1 Å². The third-order valence-electron chi connectivity index (χ3n) is 2.69. The van der Waals surface area contributed by atoms with Crippen LogP contribution in [0.15, 0.2) is 39.0 Å². The van der Waals surface area contributed by atoms with E-state index >= 15 is 0 Å². The Morgan fingerprint density at radius 3 is 2.67 bits per heavy atom. The van der Waals surface area contributed by atoms with Gasteiger partial charge in [0.2, 0.25) is 0 Å². The van der Waals surface area contributed by atoms with Crippen molar-refractivity contribution in [3.05, 3.63) is 49.6 Å². The molecule has 1 unspecified atom stereocenters. The Hall–Kier alpha value is -0.000000000000000111. The Morgan fingerprint density at radius 2 is 2.11 bits per heavy atom. The van der Waals surface area contributed by atoms with Crippen LogP contribution in [0.2, 0.25) is 5.02 Å². The molecule has 0 aliphatic rings. The fourth-order valence-corrected chi connectivity index (χ4v) is 4.37. The van der Waals surface area contributed by atoms with Crippen LogP contribution < -0.4 is 5.32 Å². The highest BCUT2D eigenvalue weighted by atomic mass is 79.9. The molecule has 0 saturated carbocycles. The molecule has 0 amide bonds. The van der Waals surface area contributed by atoms with E-state index in [-0.39, 0.29) is 6.04 Å². The maximum absolute atomic E-state index is 6.12. The lowest BCUT2D eigenvalue weighted by molar-refractivity contribution is 0.692. The highest BCUT2D eigenvalue weighted by Crippen LogP contribution is 2.39. The Morgan fingerprint density at radius 1 is 1.39 bits per heavy atom. The molecule has 0 radical (unpaired) electrons. The summed E-state index contributed by atoms with van der Waals surface area (Å²) in [7, 11) is 1.98. The molecule has 2 rings (SSSR count). The Bertz CT molecular complexity index is 522. The second kappa shape index (κ2) is 6.44. The van der Waals surface area contributed by atoms with Gasteiger partial charge in [-0.15, -0.1) is 23.1 Å². The molecule has 0 aliphatic heterocycles. The molecule has 0 spiro atoms. The van der Waals surface area contributed by atoms with Gasteiger partial charge in [0.25, 0.3) is 0 Å². The molecule has 1 heterocycles. The molecular weight excluding hydrogens is 350 g/mol. The third-order valence-corrected chi connectivity index (χ3v) is 6.04. The maximum Gasteiger partial charge on any atom is 0.0888 e. The van der Waals surface area contributed by atoms with Crippen molar-refractivity contribution in [2.45, 2.75) is 10.9 Å².